The molecule has 0 radical (unpaired) electrons. The second-order valence-electron chi connectivity index (χ2n) is 7.56. The summed E-state index contributed by atoms with van der Waals surface area (Å²) in [4.78, 5) is 41.0. The highest BCUT2D eigenvalue weighted by atomic mass is 79.9. The van der Waals surface area contributed by atoms with Crippen LogP contribution in [-0.4, -0.2) is 34.3 Å². The van der Waals surface area contributed by atoms with Crippen molar-refractivity contribution in [2.45, 2.75) is 31.8 Å². The van der Waals surface area contributed by atoms with Gasteiger partial charge in [-0.1, -0.05) is 46.1 Å². The Balaban J connectivity index is 1.80. The van der Waals surface area contributed by atoms with E-state index in [1.54, 1.807) is 40.1 Å². The number of anilines is 2. The van der Waals surface area contributed by atoms with Gasteiger partial charge in [0.25, 0.3) is 0 Å². The summed E-state index contributed by atoms with van der Waals surface area (Å²) in [6.07, 6.45) is 2.39. The van der Waals surface area contributed by atoms with E-state index in [1.807, 2.05) is 0 Å². The summed E-state index contributed by atoms with van der Waals surface area (Å²) < 4.78 is 0. The number of benzene rings is 2. The summed E-state index contributed by atoms with van der Waals surface area (Å²) in [7, 11) is 0. The number of nitrogens with zero attached hydrogens (tertiary/aromatic N) is 2. The molecule has 2 atom stereocenters. The highest BCUT2D eigenvalue weighted by Gasteiger charge is 2.45. The van der Waals surface area contributed by atoms with Gasteiger partial charge in [-0.2, -0.15) is 0 Å². The van der Waals surface area contributed by atoms with Crippen molar-refractivity contribution in [3.05, 3.63) is 58.6 Å². The van der Waals surface area contributed by atoms with Crippen LogP contribution in [0.3, 0.4) is 0 Å². The summed E-state index contributed by atoms with van der Waals surface area (Å²) in [5.41, 5.74) is 2.26. The minimum Gasteiger partial charge on any atom is -0.478 e. The Morgan fingerprint density at radius 1 is 1.10 bits per heavy atom. The Labute approximate surface area is 187 Å². The predicted molar refractivity (Wildman–Crippen MR) is 118 cm³/mol. The average molecular weight is 492 g/mol. The number of aromatic carboxylic acids is 1. The van der Waals surface area contributed by atoms with Crippen LogP contribution in [0.2, 0.25) is 5.02 Å². The lowest BCUT2D eigenvalue weighted by molar-refractivity contribution is -0.122. The standard InChI is InChI=1S/C22H20BrClN2O4/c23-11-20(27)26-17-3-1-2-16(17)21(28)25(19-10-15(24)8-9-18(19)26)12-13-4-6-14(7-5-13)22(29)30/h4-10,16-17H,1-3,11-12H2,(H,29,30). The summed E-state index contributed by atoms with van der Waals surface area (Å²) in [6, 6.07) is 11.5. The molecule has 1 saturated carbocycles. The van der Waals surface area contributed by atoms with Gasteiger partial charge in [0.15, 0.2) is 0 Å². The first-order valence-electron chi connectivity index (χ1n) is 9.72. The fourth-order valence-electron chi connectivity index (χ4n) is 4.43. The molecular weight excluding hydrogens is 472 g/mol. The fourth-order valence-corrected chi connectivity index (χ4v) is 4.87. The van der Waals surface area contributed by atoms with Gasteiger partial charge >= 0.3 is 5.97 Å². The quantitative estimate of drug-likeness (QED) is 0.640. The molecule has 2 aliphatic rings. The molecule has 0 aromatic heterocycles. The molecule has 156 valence electrons. The van der Waals surface area contributed by atoms with Crippen molar-refractivity contribution < 1.29 is 19.5 Å². The van der Waals surface area contributed by atoms with E-state index in [1.165, 1.54) is 12.1 Å². The summed E-state index contributed by atoms with van der Waals surface area (Å²) >= 11 is 9.55. The number of carbonyl (C=O) groups is 3. The zero-order chi connectivity index (χ0) is 21.4. The molecule has 0 spiro atoms. The molecule has 4 rings (SSSR count). The number of carboxylic acids is 1. The molecule has 6 nitrogen and oxygen atoms in total. The third kappa shape index (κ3) is 3.72. The number of carboxylic acid groups (broad SMARTS) is 1. The molecule has 2 aromatic rings. The fraction of sp³-hybridized carbons (Fsp3) is 0.318. The third-order valence-electron chi connectivity index (χ3n) is 5.81. The molecular formula is C22H20BrClN2O4. The van der Waals surface area contributed by atoms with Crippen LogP contribution in [0.25, 0.3) is 0 Å². The van der Waals surface area contributed by atoms with Crippen molar-refractivity contribution in [3.8, 4) is 0 Å². The van der Waals surface area contributed by atoms with Crippen molar-refractivity contribution >= 4 is 56.7 Å². The normalized spacial score (nSPS) is 20.5. The molecule has 8 heteroatoms. The number of alkyl halides is 1. The summed E-state index contributed by atoms with van der Waals surface area (Å²) in [5.74, 6) is -1.40. The van der Waals surface area contributed by atoms with Gasteiger partial charge < -0.3 is 14.9 Å². The van der Waals surface area contributed by atoms with E-state index in [2.05, 4.69) is 15.9 Å². The SMILES string of the molecule is O=C(O)c1ccc(CN2C(=O)C3CCCC3N(C(=O)CBr)c3ccc(Cl)cc32)cc1. The topological polar surface area (TPSA) is 77.9 Å². The first-order chi connectivity index (χ1) is 14.4. The summed E-state index contributed by atoms with van der Waals surface area (Å²) in [5, 5.41) is 9.77. The van der Waals surface area contributed by atoms with Crippen LogP contribution in [0.1, 0.15) is 35.2 Å². The van der Waals surface area contributed by atoms with Crippen molar-refractivity contribution in [2.75, 3.05) is 15.1 Å². The number of amides is 2. The van der Waals surface area contributed by atoms with Crippen molar-refractivity contribution in [1.29, 1.82) is 0 Å². The maximum absolute atomic E-state index is 13.6. The zero-order valence-corrected chi connectivity index (χ0v) is 18.4. The van der Waals surface area contributed by atoms with Gasteiger partial charge in [0.1, 0.15) is 0 Å². The van der Waals surface area contributed by atoms with Gasteiger partial charge in [-0.3, -0.25) is 9.59 Å². The molecule has 1 N–H and O–H groups in total. The van der Waals surface area contributed by atoms with E-state index in [9.17, 15) is 14.4 Å². The number of fused-ring (bicyclic) bond motifs is 2. The van der Waals surface area contributed by atoms with Gasteiger partial charge in [-0.15, -0.1) is 0 Å². The van der Waals surface area contributed by atoms with Gasteiger partial charge in [-0.25, -0.2) is 4.79 Å². The van der Waals surface area contributed by atoms with Crippen LogP contribution in [0, 0.1) is 5.92 Å². The van der Waals surface area contributed by atoms with Crippen LogP contribution in [0.4, 0.5) is 11.4 Å². The van der Waals surface area contributed by atoms with E-state index in [4.69, 9.17) is 16.7 Å². The van der Waals surface area contributed by atoms with Crippen molar-refractivity contribution in [2.24, 2.45) is 5.92 Å². The van der Waals surface area contributed by atoms with E-state index < -0.39 is 5.97 Å². The van der Waals surface area contributed by atoms with Crippen molar-refractivity contribution in [3.63, 3.8) is 0 Å². The van der Waals surface area contributed by atoms with Gasteiger partial charge in [0, 0.05) is 11.1 Å². The lowest BCUT2D eigenvalue weighted by atomic mass is 10.0. The third-order valence-corrected chi connectivity index (χ3v) is 6.52. The van der Waals surface area contributed by atoms with Gasteiger partial charge in [-0.05, 0) is 48.7 Å². The molecule has 0 bridgehead atoms. The highest BCUT2D eigenvalue weighted by Crippen LogP contribution is 2.44. The van der Waals surface area contributed by atoms with E-state index in [-0.39, 0.29) is 41.2 Å². The lowest BCUT2D eigenvalue weighted by Crippen LogP contribution is -2.45. The van der Waals surface area contributed by atoms with Crippen LogP contribution >= 0.6 is 27.5 Å². The Kier molecular flexibility index (Phi) is 5.84. The molecule has 1 aliphatic heterocycles. The first kappa shape index (κ1) is 20.9. The zero-order valence-electron chi connectivity index (χ0n) is 16.1. The molecule has 1 fully saturated rings. The van der Waals surface area contributed by atoms with Crippen LogP contribution in [0.5, 0.6) is 0 Å². The van der Waals surface area contributed by atoms with E-state index in [0.717, 1.165) is 24.8 Å². The lowest BCUT2D eigenvalue weighted by Gasteiger charge is -2.30. The number of carbonyl (C=O) groups excluding carboxylic acids is 2. The molecule has 1 aliphatic carbocycles. The first-order valence-corrected chi connectivity index (χ1v) is 11.2. The average Bonchev–Trinajstić information content (AvgIpc) is 3.19. The maximum atomic E-state index is 13.6. The van der Waals surface area contributed by atoms with Crippen LogP contribution in [0.15, 0.2) is 42.5 Å². The molecule has 0 saturated heterocycles. The summed E-state index contributed by atoms with van der Waals surface area (Å²) in [6.45, 7) is 0.269. The Morgan fingerprint density at radius 2 is 1.83 bits per heavy atom. The largest absolute Gasteiger partial charge is 0.478 e. The van der Waals surface area contributed by atoms with Gasteiger partial charge in [0.05, 0.1) is 34.7 Å². The minimum absolute atomic E-state index is 0.0341. The number of hydrogen-bond donors (Lipinski definition) is 1. The molecule has 2 aromatic carbocycles. The second kappa shape index (κ2) is 8.40. The molecule has 2 amide bonds. The number of hydrogen-bond acceptors (Lipinski definition) is 3. The Hall–Kier alpha value is -2.38. The molecule has 30 heavy (non-hydrogen) atoms. The molecule has 2 unspecified atom stereocenters. The Bertz CT molecular complexity index is 1010. The van der Waals surface area contributed by atoms with Crippen molar-refractivity contribution in [1.82, 2.24) is 0 Å². The smallest absolute Gasteiger partial charge is 0.335 e. The number of halogens is 2. The Morgan fingerprint density at radius 3 is 2.50 bits per heavy atom. The maximum Gasteiger partial charge on any atom is 0.335 e. The van der Waals surface area contributed by atoms with Crippen LogP contribution in [-0.2, 0) is 16.1 Å². The highest BCUT2D eigenvalue weighted by molar-refractivity contribution is 9.09. The predicted octanol–water partition coefficient (Wildman–Crippen LogP) is 4.48. The number of rotatable bonds is 4. The minimum atomic E-state index is -0.998. The monoisotopic (exact) mass is 490 g/mol. The van der Waals surface area contributed by atoms with E-state index >= 15 is 0 Å². The molecule has 1 heterocycles. The van der Waals surface area contributed by atoms with Gasteiger partial charge in [0.2, 0.25) is 11.8 Å². The van der Waals surface area contributed by atoms with E-state index in [0.29, 0.717) is 16.4 Å². The second-order valence-corrected chi connectivity index (χ2v) is 8.56. The van der Waals surface area contributed by atoms with Crippen LogP contribution < -0.4 is 9.80 Å².